The van der Waals surface area contributed by atoms with E-state index in [0.29, 0.717) is 11.3 Å². The standard InChI is InChI=1S/C33H42O3/c1-4-6-7-8-9-10-13-25-35-26(3)27-17-19-28(20-18-27)29-21-23-31(24-22-29)33(34)36-32-16-12-11-15-30(32)14-5-2/h11-12,15-24,26H,4-10,13-14,25H2,1-3H3. The first-order valence-electron chi connectivity index (χ1n) is 13.7. The van der Waals surface area contributed by atoms with Crippen LogP contribution in [0.15, 0.2) is 72.8 Å². The van der Waals surface area contributed by atoms with Crippen LogP contribution in [-0.2, 0) is 11.2 Å². The van der Waals surface area contributed by atoms with Crippen LogP contribution in [0.5, 0.6) is 5.75 Å². The van der Waals surface area contributed by atoms with Gasteiger partial charge in [0, 0.05) is 6.61 Å². The van der Waals surface area contributed by atoms with Gasteiger partial charge >= 0.3 is 5.97 Å². The van der Waals surface area contributed by atoms with Crippen molar-refractivity contribution >= 4 is 5.97 Å². The second-order valence-corrected chi connectivity index (χ2v) is 9.58. The fourth-order valence-electron chi connectivity index (χ4n) is 4.40. The summed E-state index contributed by atoms with van der Waals surface area (Å²) >= 11 is 0. The molecule has 3 rings (SSSR count). The second-order valence-electron chi connectivity index (χ2n) is 9.58. The molecule has 0 fully saturated rings. The van der Waals surface area contributed by atoms with E-state index >= 15 is 0 Å². The molecule has 0 aromatic heterocycles. The smallest absolute Gasteiger partial charge is 0.343 e. The van der Waals surface area contributed by atoms with Gasteiger partial charge in [-0.3, -0.25) is 0 Å². The minimum atomic E-state index is -0.326. The van der Waals surface area contributed by atoms with E-state index in [-0.39, 0.29) is 12.1 Å². The van der Waals surface area contributed by atoms with E-state index in [0.717, 1.165) is 42.6 Å². The highest BCUT2D eigenvalue weighted by Crippen LogP contribution is 2.25. The summed E-state index contributed by atoms with van der Waals surface area (Å²) in [6.07, 6.45) is 11.1. The molecule has 3 nitrogen and oxygen atoms in total. The zero-order valence-corrected chi connectivity index (χ0v) is 22.3. The topological polar surface area (TPSA) is 35.5 Å². The SMILES string of the molecule is CCCCCCCCCOC(C)c1ccc(-c2ccc(C(=O)Oc3ccccc3CCC)cc2)cc1. The first kappa shape index (κ1) is 27.7. The minimum absolute atomic E-state index is 0.0897. The molecule has 36 heavy (non-hydrogen) atoms. The van der Waals surface area contributed by atoms with Gasteiger partial charge in [-0.2, -0.15) is 0 Å². The average molecular weight is 487 g/mol. The van der Waals surface area contributed by atoms with Gasteiger partial charge in [0.15, 0.2) is 0 Å². The van der Waals surface area contributed by atoms with E-state index in [4.69, 9.17) is 9.47 Å². The predicted molar refractivity (Wildman–Crippen MR) is 150 cm³/mol. The molecule has 0 spiro atoms. The number of esters is 1. The van der Waals surface area contributed by atoms with Crippen molar-refractivity contribution < 1.29 is 14.3 Å². The van der Waals surface area contributed by atoms with E-state index in [1.165, 1.54) is 44.1 Å². The number of carbonyl (C=O) groups excluding carboxylic acids is 1. The van der Waals surface area contributed by atoms with E-state index in [1.54, 1.807) is 0 Å². The van der Waals surface area contributed by atoms with E-state index in [1.807, 2.05) is 48.5 Å². The molecular formula is C33H42O3. The number of carbonyl (C=O) groups is 1. The lowest BCUT2D eigenvalue weighted by atomic mass is 10.0. The van der Waals surface area contributed by atoms with Crippen LogP contribution in [-0.4, -0.2) is 12.6 Å². The highest BCUT2D eigenvalue weighted by molar-refractivity contribution is 5.91. The summed E-state index contributed by atoms with van der Waals surface area (Å²) in [6, 6.07) is 23.9. The third-order valence-corrected chi connectivity index (χ3v) is 6.64. The third-order valence-electron chi connectivity index (χ3n) is 6.64. The van der Waals surface area contributed by atoms with Crippen molar-refractivity contribution in [2.75, 3.05) is 6.61 Å². The Balaban J connectivity index is 1.49. The molecule has 0 radical (unpaired) electrons. The molecule has 0 saturated carbocycles. The maximum Gasteiger partial charge on any atom is 0.343 e. The summed E-state index contributed by atoms with van der Waals surface area (Å²) in [7, 11) is 0. The summed E-state index contributed by atoms with van der Waals surface area (Å²) < 4.78 is 11.8. The normalized spacial score (nSPS) is 11.9. The molecular weight excluding hydrogens is 444 g/mol. The first-order valence-corrected chi connectivity index (χ1v) is 13.7. The van der Waals surface area contributed by atoms with Crippen LogP contribution in [0.4, 0.5) is 0 Å². The van der Waals surface area contributed by atoms with Gasteiger partial charge in [-0.25, -0.2) is 4.79 Å². The van der Waals surface area contributed by atoms with Crippen molar-refractivity contribution in [1.29, 1.82) is 0 Å². The monoisotopic (exact) mass is 486 g/mol. The highest BCUT2D eigenvalue weighted by atomic mass is 16.5. The van der Waals surface area contributed by atoms with Gasteiger partial charge in [0.2, 0.25) is 0 Å². The van der Waals surface area contributed by atoms with Crippen LogP contribution >= 0.6 is 0 Å². The van der Waals surface area contributed by atoms with Gasteiger partial charge in [0.1, 0.15) is 5.75 Å². The van der Waals surface area contributed by atoms with Crippen LogP contribution in [0.25, 0.3) is 11.1 Å². The molecule has 0 heterocycles. The summed E-state index contributed by atoms with van der Waals surface area (Å²) in [5.41, 5.74) is 4.99. The fourth-order valence-corrected chi connectivity index (χ4v) is 4.40. The van der Waals surface area contributed by atoms with E-state index < -0.39 is 0 Å². The second kappa shape index (κ2) is 15.3. The minimum Gasteiger partial charge on any atom is -0.423 e. The van der Waals surface area contributed by atoms with Crippen molar-refractivity contribution in [3.05, 3.63) is 89.5 Å². The van der Waals surface area contributed by atoms with Gasteiger partial charge in [-0.05, 0) is 60.2 Å². The number of para-hydroxylation sites is 1. The zero-order valence-electron chi connectivity index (χ0n) is 22.3. The van der Waals surface area contributed by atoms with Gasteiger partial charge in [0.05, 0.1) is 11.7 Å². The summed E-state index contributed by atoms with van der Waals surface area (Å²) in [6.45, 7) is 7.31. The van der Waals surface area contributed by atoms with Crippen LogP contribution in [0.2, 0.25) is 0 Å². The Bertz CT molecular complexity index is 1040. The largest absolute Gasteiger partial charge is 0.423 e. The van der Waals surface area contributed by atoms with E-state index in [9.17, 15) is 4.79 Å². The van der Waals surface area contributed by atoms with Crippen molar-refractivity contribution in [1.82, 2.24) is 0 Å². The van der Waals surface area contributed by atoms with Gasteiger partial charge in [-0.1, -0.05) is 113 Å². The quantitative estimate of drug-likeness (QED) is 0.122. The lowest BCUT2D eigenvalue weighted by molar-refractivity contribution is 0.0627. The molecule has 0 aliphatic carbocycles. The number of benzene rings is 3. The number of unbranched alkanes of at least 4 members (excludes halogenated alkanes) is 6. The van der Waals surface area contributed by atoms with Gasteiger partial charge in [-0.15, -0.1) is 0 Å². The van der Waals surface area contributed by atoms with Crippen molar-refractivity contribution in [2.45, 2.75) is 84.7 Å². The van der Waals surface area contributed by atoms with Crippen LogP contribution in [0, 0.1) is 0 Å². The third kappa shape index (κ3) is 8.64. The maximum absolute atomic E-state index is 12.7. The Labute approximate surface area is 217 Å². The molecule has 0 saturated heterocycles. The van der Waals surface area contributed by atoms with Gasteiger partial charge < -0.3 is 9.47 Å². The number of aryl methyl sites for hydroxylation is 1. The molecule has 3 aromatic carbocycles. The van der Waals surface area contributed by atoms with Crippen molar-refractivity contribution in [3.8, 4) is 16.9 Å². The first-order chi connectivity index (χ1) is 17.6. The number of hydrogen-bond acceptors (Lipinski definition) is 3. The number of rotatable bonds is 15. The molecule has 0 aliphatic rings. The lowest BCUT2D eigenvalue weighted by Gasteiger charge is -2.14. The molecule has 0 bridgehead atoms. The van der Waals surface area contributed by atoms with Crippen molar-refractivity contribution in [2.24, 2.45) is 0 Å². The molecule has 0 N–H and O–H groups in total. The Hall–Kier alpha value is -2.91. The Morgan fingerprint density at radius 2 is 1.33 bits per heavy atom. The summed E-state index contributed by atoms with van der Waals surface area (Å²) in [5, 5.41) is 0. The molecule has 192 valence electrons. The van der Waals surface area contributed by atoms with Crippen LogP contribution in [0.1, 0.15) is 99.7 Å². The van der Waals surface area contributed by atoms with Gasteiger partial charge in [0.25, 0.3) is 0 Å². The molecule has 3 heteroatoms. The molecule has 1 atom stereocenters. The summed E-state index contributed by atoms with van der Waals surface area (Å²) in [5.74, 6) is 0.319. The zero-order chi connectivity index (χ0) is 25.6. The Kier molecular flexibility index (Phi) is 11.7. The summed E-state index contributed by atoms with van der Waals surface area (Å²) in [4.78, 5) is 12.7. The van der Waals surface area contributed by atoms with E-state index in [2.05, 4.69) is 45.0 Å². The molecule has 0 aliphatic heterocycles. The Morgan fingerprint density at radius 1 is 0.722 bits per heavy atom. The number of hydrogen-bond donors (Lipinski definition) is 0. The number of ether oxygens (including phenoxy) is 2. The lowest BCUT2D eigenvalue weighted by Crippen LogP contribution is -2.09. The van der Waals surface area contributed by atoms with Crippen LogP contribution in [0.3, 0.4) is 0 Å². The predicted octanol–water partition coefficient (Wildman–Crippen LogP) is 9.35. The highest BCUT2D eigenvalue weighted by Gasteiger charge is 2.12. The average Bonchev–Trinajstić information content (AvgIpc) is 2.91. The van der Waals surface area contributed by atoms with Crippen molar-refractivity contribution in [3.63, 3.8) is 0 Å². The fraction of sp³-hybridized carbons (Fsp3) is 0.424. The molecule has 1 unspecified atom stereocenters. The van der Waals surface area contributed by atoms with Crippen LogP contribution < -0.4 is 4.74 Å². The maximum atomic E-state index is 12.7. The molecule has 3 aromatic rings. The molecule has 0 amide bonds. The Morgan fingerprint density at radius 3 is 2.00 bits per heavy atom.